The second-order valence-corrected chi connectivity index (χ2v) is 5.10. The van der Waals surface area contributed by atoms with Gasteiger partial charge in [0, 0.05) is 18.3 Å². The lowest BCUT2D eigenvalue weighted by Crippen LogP contribution is -2.34. The molecule has 0 aliphatic carbocycles. The van der Waals surface area contributed by atoms with E-state index in [9.17, 15) is 4.79 Å². The fourth-order valence-corrected chi connectivity index (χ4v) is 2.59. The summed E-state index contributed by atoms with van der Waals surface area (Å²) in [5.74, 6) is 1.21. The van der Waals surface area contributed by atoms with Crippen molar-refractivity contribution in [1.29, 1.82) is 0 Å². The van der Waals surface area contributed by atoms with Crippen molar-refractivity contribution in [3.05, 3.63) is 23.8 Å². The summed E-state index contributed by atoms with van der Waals surface area (Å²) < 4.78 is 5.14. The summed E-state index contributed by atoms with van der Waals surface area (Å²) in [4.78, 5) is 14.4. The molecule has 0 spiro atoms. The highest BCUT2D eigenvalue weighted by molar-refractivity contribution is 5.99. The fourth-order valence-electron chi connectivity index (χ4n) is 2.59. The Morgan fingerprint density at radius 1 is 1.44 bits per heavy atom. The first-order chi connectivity index (χ1) is 8.52. The molecule has 4 nitrogen and oxygen atoms in total. The van der Waals surface area contributed by atoms with Crippen molar-refractivity contribution in [2.75, 3.05) is 19.4 Å². The number of rotatable bonds is 2. The van der Waals surface area contributed by atoms with Crippen molar-refractivity contribution in [2.45, 2.75) is 26.3 Å². The van der Waals surface area contributed by atoms with Gasteiger partial charge in [-0.15, -0.1) is 0 Å². The van der Waals surface area contributed by atoms with Crippen molar-refractivity contribution in [1.82, 2.24) is 4.90 Å². The molecule has 2 unspecified atom stereocenters. The highest BCUT2D eigenvalue weighted by Crippen LogP contribution is 2.27. The molecular weight excluding hydrogens is 228 g/mol. The van der Waals surface area contributed by atoms with Crippen LogP contribution in [0.15, 0.2) is 18.2 Å². The molecule has 18 heavy (non-hydrogen) atoms. The first-order valence-electron chi connectivity index (χ1n) is 6.27. The van der Waals surface area contributed by atoms with Crippen LogP contribution in [0.5, 0.6) is 5.75 Å². The van der Waals surface area contributed by atoms with Crippen molar-refractivity contribution in [2.24, 2.45) is 5.92 Å². The number of carbonyl (C=O) groups is 1. The molecule has 0 saturated carbocycles. The van der Waals surface area contributed by atoms with Crippen LogP contribution < -0.4 is 10.5 Å². The van der Waals surface area contributed by atoms with Crippen molar-refractivity contribution < 1.29 is 9.53 Å². The van der Waals surface area contributed by atoms with E-state index in [0.717, 1.165) is 13.0 Å². The summed E-state index contributed by atoms with van der Waals surface area (Å²) in [6.45, 7) is 5.05. The number of nitrogens with two attached hydrogens (primary N) is 1. The van der Waals surface area contributed by atoms with Gasteiger partial charge in [0.25, 0.3) is 5.91 Å². The standard InChI is InChI=1S/C14H20N2O2/c1-9-6-10(2)16(8-9)14(17)12-7-11(18-3)4-5-13(12)15/h4-5,7,9-10H,6,8,15H2,1-3H3. The third-order valence-corrected chi connectivity index (χ3v) is 3.54. The first-order valence-corrected chi connectivity index (χ1v) is 6.27. The molecule has 1 heterocycles. The van der Waals surface area contributed by atoms with Gasteiger partial charge in [0.2, 0.25) is 0 Å². The predicted molar refractivity (Wildman–Crippen MR) is 71.7 cm³/mol. The lowest BCUT2D eigenvalue weighted by molar-refractivity contribution is 0.0744. The molecular formula is C14H20N2O2. The number of nitrogens with zero attached hydrogens (tertiary/aromatic N) is 1. The summed E-state index contributed by atoms with van der Waals surface area (Å²) in [6.07, 6.45) is 1.05. The number of anilines is 1. The molecule has 2 N–H and O–H groups in total. The van der Waals surface area contributed by atoms with E-state index in [1.807, 2.05) is 4.90 Å². The van der Waals surface area contributed by atoms with E-state index < -0.39 is 0 Å². The lowest BCUT2D eigenvalue weighted by Gasteiger charge is -2.22. The predicted octanol–water partition coefficient (Wildman–Crippen LogP) is 2.15. The molecule has 2 rings (SSSR count). The van der Waals surface area contributed by atoms with Crippen LogP contribution in [0.1, 0.15) is 30.6 Å². The van der Waals surface area contributed by atoms with Crippen LogP contribution in [0.3, 0.4) is 0 Å². The highest BCUT2D eigenvalue weighted by atomic mass is 16.5. The minimum Gasteiger partial charge on any atom is -0.497 e. The van der Waals surface area contributed by atoms with Gasteiger partial charge in [-0.2, -0.15) is 0 Å². The summed E-state index contributed by atoms with van der Waals surface area (Å²) in [5.41, 5.74) is 6.93. The molecule has 1 aromatic carbocycles. The average Bonchev–Trinajstić information content (AvgIpc) is 2.68. The number of hydrogen-bond donors (Lipinski definition) is 1. The van der Waals surface area contributed by atoms with Crippen LogP contribution in [0.25, 0.3) is 0 Å². The van der Waals surface area contributed by atoms with Gasteiger partial charge >= 0.3 is 0 Å². The summed E-state index contributed by atoms with van der Waals surface area (Å²) in [7, 11) is 1.58. The zero-order valence-electron chi connectivity index (χ0n) is 11.1. The van der Waals surface area contributed by atoms with E-state index in [4.69, 9.17) is 10.5 Å². The van der Waals surface area contributed by atoms with E-state index >= 15 is 0 Å². The Balaban J connectivity index is 2.28. The van der Waals surface area contributed by atoms with E-state index in [-0.39, 0.29) is 11.9 Å². The van der Waals surface area contributed by atoms with Gasteiger partial charge in [0.05, 0.1) is 12.7 Å². The molecule has 0 bridgehead atoms. The molecule has 98 valence electrons. The third-order valence-electron chi connectivity index (χ3n) is 3.54. The number of hydrogen-bond acceptors (Lipinski definition) is 3. The van der Waals surface area contributed by atoms with E-state index in [1.165, 1.54) is 0 Å². The maximum atomic E-state index is 12.5. The number of methoxy groups -OCH3 is 1. The van der Waals surface area contributed by atoms with Crippen molar-refractivity contribution >= 4 is 11.6 Å². The van der Waals surface area contributed by atoms with E-state index in [2.05, 4.69) is 13.8 Å². The second kappa shape index (κ2) is 4.88. The highest BCUT2D eigenvalue weighted by Gasteiger charge is 2.31. The molecule has 4 heteroatoms. The van der Waals surface area contributed by atoms with Crippen molar-refractivity contribution in [3.63, 3.8) is 0 Å². The Hall–Kier alpha value is -1.71. The first kappa shape index (κ1) is 12.7. The van der Waals surface area contributed by atoms with Gasteiger partial charge in [-0.1, -0.05) is 6.92 Å². The van der Waals surface area contributed by atoms with Gasteiger partial charge in [-0.05, 0) is 37.5 Å². The van der Waals surface area contributed by atoms with Gasteiger partial charge in [-0.3, -0.25) is 4.79 Å². The zero-order chi connectivity index (χ0) is 13.3. The Morgan fingerprint density at radius 3 is 2.72 bits per heavy atom. The minimum absolute atomic E-state index is 0.00301. The largest absolute Gasteiger partial charge is 0.497 e. The normalized spacial score (nSPS) is 23.2. The van der Waals surface area contributed by atoms with Gasteiger partial charge in [0.1, 0.15) is 5.75 Å². The molecule has 1 aliphatic heterocycles. The van der Waals surface area contributed by atoms with Crippen LogP contribution in [-0.4, -0.2) is 30.5 Å². The van der Waals surface area contributed by atoms with Crippen LogP contribution >= 0.6 is 0 Å². The van der Waals surface area contributed by atoms with Crippen LogP contribution in [0, 0.1) is 5.92 Å². The molecule has 0 aromatic heterocycles. The molecule has 0 radical (unpaired) electrons. The minimum atomic E-state index is 0.00301. The Morgan fingerprint density at radius 2 is 2.17 bits per heavy atom. The number of carbonyl (C=O) groups excluding carboxylic acids is 1. The third kappa shape index (κ3) is 2.28. The molecule has 1 aromatic rings. The fraction of sp³-hybridized carbons (Fsp3) is 0.500. The molecule has 1 saturated heterocycles. The second-order valence-electron chi connectivity index (χ2n) is 5.10. The van der Waals surface area contributed by atoms with Gasteiger partial charge in [0.15, 0.2) is 0 Å². The van der Waals surface area contributed by atoms with Gasteiger partial charge < -0.3 is 15.4 Å². The summed E-state index contributed by atoms with van der Waals surface area (Å²) in [5, 5.41) is 0. The van der Waals surface area contributed by atoms with Crippen LogP contribution in [0.2, 0.25) is 0 Å². The summed E-state index contributed by atoms with van der Waals surface area (Å²) in [6, 6.07) is 5.48. The van der Waals surface area contributed by atoms with Gasteiger partial charge in [-0.25, -0.2) is 0 Å². The number of likely N-dealkylation sites (tertiary alicyclic amines) is 1. The summed E-state index contributed by atoms with van der Waals surface area (Å²) >= 11 is 0. The number of nitrogen functional groups attached to an aromatic ring is 1. The topological polar surface area (TPSA) is 55.6 Å². The lowest BCUT2D eigenvalue weighted by atomic mass is 10.1. The Kier molecular flexibility index (Phi) is 3.45. The van der Waals surface area contributed by atoms with Crippen LogP contribution in [-0.2, 0) is 0 Å². The molecule has 1 amide bonds. The molecule has 1 aliphatic rings. The van der Waals surface area contributed by atoms with E-state index in [1.54, 1.807) is 25.3 Å². The average molecular weight is 248 g/mol. The number of benzene rings is 1. The van der Waals surface area contributed by atoms with E-state index in [0.29, 0.717) is 22.9 Å². The maximum Gasteiger partial charge on any atom is 0.256 e. The Labute approximate surface area is 108 Å². The molecule has 2 atom stereocenters. The van der Waals surface area contributed by atoms with Crippen LogP contribution in [0.4, 0.5) is 5.69 Å². The number of ether oxygens (including phenoxy) is 1. The maximum absolute atomic E-state index is 12.5. The quantitative estimate of drug-likeness (QED) is 0.816. The molecule has 1 fully saturated rings. The smallest absolute Gasteiger partial charge is 0.256 e. The van der Waals surface area contributed by atoms with Crippen molar-refractivity contribution in [3.8, 4) is 5.75 Å². The number of amides is 1. The zero-order valence-corrected chi connectivity index (χ0v) is 11.1. The SMILES string of the molecule is COc1ccc(N)c(C(=O)N2CC(C)CC2C)c1. The Bertz CT molecular complexity index is 459. The monoisotopic (exact) mass is 248 g/mol.